The fourth-order valence-electron chi connectivity index (χ4n) is 2.78. The van der Waals surface area contributed by atoms with Crippen LogP contribution in [0.1, 0.15) is 12.0 Å². The Morgan fingerprint density at radius 2 is 1.70 bits per heavy atom. The zero-order chi connectivity index (χ0) is 21.6. The van der Waals surface area contributed by atoms with Crippen molar-refractivity contribution in [2.45, 2.75) is 17.7 Å². The molecule has 0 radical (unpaired) electrons. The van der Waals surface area contributed by atoms with Crippen LogP contribution < -0.4 is 14.8 Å². The highest BCUT2D eigenvalue weighted by molar-refractivity contribution is 7.92. The van der Waals surface area contributed by atoms with Gasteiger partial charge in [0.05, 0.1) is 12.0 Å². The number of nitrogens with one attached hydrogen (secondary N) is 2. The second kappa shape index (κ2) is 9.65. The molecule has 0 atom stereocenters. The van der Waals surface area contributed by atoms with Gasteiger partial charge >= 0.3 is 0 Å². The van der Waals surface area contributed by atoms with Gasteiger partial charge in [-0.15, -0.1) is 0 Å². The number of anilines is 2. The van der Waals surface area contributed by atoms with Gasteiger partial charge in [-0.3, -0.25) is 9.52 Å². The van der Waals surface area contributed by atoms with E-state index in [9.17, 15) is 13.2 Å². The lowest BCUT2D eigenvalue weighted by atomic mass is 10.1. The van der Waals surface area contributed by atoms with E-state index in [0.29, 0.717) is 22.8 Å². The second-order valence-corrected chi connectivity index (χ2v) is 8.66. The molecule has 0 aliphatic rings. The van der Waals surface area contributed by atoms with Crippen LogP contribution in [-0.4, -0.2) is 21.4 Å². The molecule has 0 heterocycles. The Kier molecular flexibility index (Phi) is 6.97. The first-order chi connectivity index (χ1) is 14.4. The number of rotatable bonds is 8. The smallest absolute Gasteiger partial charge is 0.261 e. The Bertz CT molecular complexity index is 1130. The van der Waals surface area contributed by atoms with Crippen molar-refractivity contribution in [3.05, 3.63) is 83.4 Å². The van der Waals surface area contributed by atoms with Crippen molar-refractivity contribution in [2.24, 2.45) is 0 Å². The lowest BCUT2D eigenvalue weighted by molar-refractivity contribution is -0.116. The van der Waals surface area contributed by atoms with E-state index in [0.717, 1.165) is 11.3 Å². The van der Waals surface area contributed by atoms with E-state index in [1.807, 2.05) is 24.3 Å². The number of carbonyl (C=O) groups excluding carboxylic acids is 1. The van der Waals surface area contributed by atoms with Crippen molar-refractivity contribution in [2.75, 3.05) is 17.1 Å². The molecule has 0 aliphatic heterocycles. The topological polar surface area (TPSA) is 84.5 Å². The third-order valence-electron chi connectivity index (χ3n) is 4.30. The molecule has 0 aliphatic carbocycles. The number of ether oxygens (including phenoxy) is 1. The average Bonchev–Trinajstić information content (AvgIpc) is 2.74. The van der Waals surface area contributed by atoms with Crippen molar-refractivity contribution in [3.8, 4) is 5.75 Å². The van der Waals surface area contributed by atoms with Crippen LogP contribution in [0.15, 0.2) is 77.7 Å². The van der Waals surface area contributed by atoms with Gasteiger partial charge in [-0.05, 0) is 66.6 Å². The SMILES string of the molecule is COc1cccc(CCC(=O)Nc2cccc(S(=O)(=O)Nc3ccc(Cl)cc3)c2)c1. The van der Waals surface area contributed by atoms with E-state index in [1.54, 1.807) is 43.5 Å². The molecular formula is C22H21ClN2O4S. The highest BCUT2D eigenvalue weighted by atomic mass is 35.5. The molecule has 0 saturated heterocycles. The fourth-order valence-corrected chi connectivity index (χ4v) is 4.01. The van der Waals surface area contributed by atoms with Crippen LogP contribution in [0.25, 0.3) is 0 Å². The normalized spacial score (nSPS) is 11.0. The molecule has 0 spiro atoms. The first kappa shape index (κ1) is 21.7. The highest BCUT2D eigenvalue weighted by Crippen LogP contribution is 2.21. The minimum Gasteiger partial charge on any atom is -0.497 e. The fraction of sp³-hybridized carbons (Fsp3) is 0.136. The molecule has 30 heavy (non-hydrogen) atoms. The van der Waals surface area contributed by atoms with E-state index in [-0.39, 0.29) is 17.2 Å². The second-order valence-electron chi connectivity index (χ2n) is 6.54. The molecule has 0 aromatic heterocycles. The summed E-state index contributed by atoms with van der Waals surface area (Å²) in [6, 6.07) is 20.0. The van der Waals surface area contributed by atoms with Crippen molar-refractivity contribution in [1.29, 1.82) is 0 Å². The van der Waals surface area contributed by atoms with Gasteiger partial charge in [0.25, 0.3) is 10.0 Å². The van der Waals surface area contributed by atoms with Gasteiger partial charge in [0.1, 0.15) is 5.75 Å². The van der Waals surface area contributed by atoms with Crippen LogP contribution in [0.3, 0.4) is 0 Å². The summed E-state index contributed by atoms with van der Waals surface area (Å²) in [6.07, 6.45) is 0.798. The van der Waals surface area contributed by atoms with Crippen LogP contribution in [0.2, 0.25) is 5.02 Å². The number of benzene rings is 3. The lowest BCUT2D eigenvalue weighted by Gasteiger charge is -2.10. The first-order valence-corrected chi connectivity index (χ1v) is 11.0. The van der Waals surface area contributed by atoms with E-state index in [2.05, 4.69) is 10.0 Å². The summed E-state index contributed by atoms with van der Waals surface area (Å²) in [7, 11) is -2.21. The summed E-state index contributed by atoms with van der Waals surface area (Å²) < 4.78 is 32.9. The standard InChI is InChI=1S/C22H21ClN2O4S/c1-29-20-6-2-4-16(14-20)8-13-22(26)24-19-5-3-7-21(15-19)30(27,28)25-18-11-9-17(23)10-12-18/h2-7,9-12,14-15,25H,8,13H2,1H3,(H,24,26). The third-order valence-corrected chi connectivity index (χ3v) is 5.93. The van der Waals surface area contributed by atoms with Gasteiger partial charge in [0, 0.05) is 22.8 Å². The summed E-state index contributed by atoms with van der Waals surface area (Å²) >= 11 is 5.83. The number of hydrogen-bond donors (Lipinski definition) is 2. The zero-order valence-electron chi connectivity index (χ0n) is 16.3. The maximum absolute atomic E-state index is 12.6. The zero-order valence-corrected chi connectivity index (χ0v) is 17.8. The number of hydrogen-bond acceptors (Lipinski definition) is 4. The number of aryl methyl sites for hydroxylation is 1. The maximum atomic E-state index is 12.6. The highest BCUT2D eigenvalue weighted by Gasteiger charge is 2.15. The monoisotopic (exact) mass is 444 g/mol. The molecule has 0 fully saturated rings. The van der Waals surface area contributed by atoms with Crippen LogP contribution in [0.4, 0.5) is 11.4 Å². The van der Waals surface area contributed by atoms with Crippen LogP contribution >= 0.6 is 11.6 Å². The Morgan fingerprint density at radius 1 is 0.967 bits per heavy atom. The van der Waals surface area contributed by atoms with Crippen LogP contribution in [0.5, 0.6) is 5.75 Å². The molecule has 6 nitrogen and oxygen atoms in total. The Morgan fingerprint density at radius 3 is 2.43 bits per heavy atom. The Balaban J connectivity index is 1.64. The van der Waals surface area contributed by atoms with E-state index >= 15 is 0 Å². The molecule has 3 aromatic rings. The van der Waals surface area contributed by atoms with Crippen molar-refractivity contribution in [3.63, 3.8) is 0 Å². The van der Waals surface area contributed by atoms with Gasteiger partial charge in [-0.25, -0.2) is 8.42 Å². The van der Waals surface area contributed by atoms with Gasteiger partial charge in [0.2, 0.25) is 5.91 Å². The van der Waals surface area contributed by atoms with E-state index in [1.165, 1.54) is 12.1 Å². The van der Waals surface area contributed by atoms with Crippen LogP contribution in [-0.2, 0) is 21.2 Å². The van der Waals surface area contributed by atoms with Gasteiger partial charge < -0.3 is 10.1 Å². The summed E-state index contributed by atoms with van der Waals surface area (Å²) in [5.41, 5.74) is 1.78. The predicted molar refractivity (Wildman–Crippen MR) is 119 cm³/mol. The van der Waals surface area contributed by atoms with Crippen LogP contribution in [0, 0.1) is 0 Å². The summed E-state index contributed by atoms with van der Waals surface area (Å²) in [5.74, 6) is 0.525. The quantitative estimate of drug-likeness (QED) is 0.526. The Hall–Kier alpha value is -3.03. The van der Waals surface area contributed by atoms with Gasteiger partial charge in [-0.2, -0.15) is 0 Å². The van der Waals surface area contributed by atoms with Gasteiger partial charge in [-0.1, -0.05) is 29.8 Å². The summed E-state index contributed by atoms with van der Waals surface area (Å²) in [5, 5.41) is 3.26. The number of sulfonamides is 1. The van der Waals surface area contributed by atoms with Crippen molar-refractivity contribution < 1.29 is 17.9 Å². The summed E-state index contributed by atoms with van der Waals surface area (Å²) in [6.45, 7) is 0. The molecule has 2 N–H and O–H groups in total. The lowest BCUT2D eigenvalue weighted by Crippen LogP contribution is -2.15. The largest absolute Gasteiger partial charge is 0.497 e. The Labute approximate surface area is 180 Å². The first-order valence-electron chi connectivity index (χ1n) is 9.17. The van der Waals surface area contributed by atoms with Crippen molar-refractivity contribution in [1.82, 2.24) is 0 Å². The molecule has 0 saturated carbocycles. The average molecular weight is 445 g/mol. The van der Waals surface area contributed by atoms with Gasteiger partial charge in [0.15, 0.2) is 0 Å². The number of methoxy groups -OCH3 is 1. The molecule has 1 amide bonds. The number of halogens is 1. The molecule has 3 rings (SSSR count). The van der Waals surface area contributed by atoms with Crippen molar-refractivity contribution >= 4 is 38.9 Å². The third kappa shape index (κ3) is 5.98. The summed E-state index contributed by atoms with van der Waals surface area (Å²) in [4.78, 5) is 12.3. The molecule has 3 aromatic carbocycles. The molecule has 8 heteroatoms. The predicted octanol–water partition coefficient (Wildman–Crippen LogP) is 4.72. The van der Waals surface area contributed by atoms with E-state index < -0.39 is 10.0 Å². The number of carbonyl (C=O) groups is 1. The molecule has 0 unspecified atom stereocenters. The maximum Gasteiger partial charge on any atom is 0.261 e. The molecule has 156 valence electrons. The molecule has 0 bridgehead atoms. The minimum atomic E-state index is -3.81. The van der Waals surface area contributed by atoms with E-state index in [4.69, 9.17) is 16.3 Å². The number of amides is 1. The minimum absolute atomic E-state index is 0.0445. The molecular weight excluding hydrogens is 424 g/mol.